The first-order valence-electron chi connectivity index (χ1n) is 8.95. The van der Waals surface area contributed by atoms with Gasteiger partial charge < -0.3 is 15.4 Å². The Morgan fingerprint density at radius 1 is 1.03 bits per heavy atom. The first-order chi connectivity index (χ1) is 14.8. The summed E-state index contributed by atoms with van der Waals surface area (Å²) in [7, 11) is 1.48. The molecule has 0 unspecified atom stereocenters. The Bertz CT molecular complexity index is 1150. The highest BCUT2D eigenvalue weighted by Gasteiger charge is 2.21. The molecule has 0 aliphatic rings. The highest BCUT2D eigenvalue weighted by Crippen LogP contribution is 2.26. The molecule has 3 aromatic rings. The zero-order chi connectivity index (χ0) is 22.5. The summed E-state index contributed by atoms with van der Waals surface area (Å²) < 4.78 is 6.88. The summed E-state index contributed by atoms with van der Waals surface area (Å²) in [5.41, 5.74) is 3.47. The van der Waals surface area contributed by atoms with Gasteiger partial charge in [-0.25, -0.2) is 4.68 Å². The van der Waals surface area contributed by atoms with Crippen molar-refractivity contribution in [3.63, 3.8) is 0 Å². The van der Waals surface area contributed by atoms with E-state index in [2.05, 4.69) is 32.0 Å². The third-order valence-corrected chi connectivity index (χ3v) is 5.06. The number of hydrogen-bond acceptors (Lipinski definition) is 4. The number of methoxy groups -OCH3 is 1. The minimum atomic E-state index is -0.934. The fourth-order valence-electron chi connectivity index (χ4n) is 2.79. The first-order valence-corrected chi connectivity index (χ1v) is 10.5. The fourth-order valence-corrected chi connectivity index (χ4v) is 3.70. The van der Waals surface area contributed by atoms with E-state index < -0.39 is 17.7 Å². The minimum absolute atomic E-state index is 0.0993. The molecule has 3 N–H and O–H groups in total. The van der Waals surface area contributed by atoms with Gasteiger partial charge in [0.1, 0.15) is 5.69 Å². The van der Waals surface area contributed by atoms with Gasteiger partial charge in [0.15, 0.2) is 0 Å². The zero-order valence-corrected chi connectivity index (χ0v) is 19.3. The molecule has 0 atom stereocenters. The Kier molecular flexibility index (Phi) is 7.55. The average Bonchev–Trinajstić information content (AvgIpc) is 3.04. The lowest BCUT2D eigenvalue weighted by atomic mass is 10.2. The van der Waals surface area contributed by atoms with Crippen molar-refractivity contribution >= 4 is 73.4 Å². The fraction of sp³-hybridized carbons (Fsp3) is 0.150. The molecule has 11 heteroatoms. The van der Waals surface area contributed by atoms with Crippen LogP contribution in [0.3, 0.4) is 0 Å². The number of carbonyl (C=O) groups is 3. The van der Waals surface area contributed by atoms with Crippen LogP contribution in [-0.2, 0) is 14.3 Å². The lowest BCUT2D eigenvalue weighted by Crippen LogP contribution is -2.40. The molecule has 0 aliphatic heterocycles. The molecule has 0 aliphatic carbocycles. The molecule has 31 heavy (non-hydrogen) atoms. The summed E-state index contributed by atoms with van der Waals surface area (Å²) >= 11 is 15.4. The van der Waals surface area contributed by atoms with Gasteiger partial charge in [-0.15, -0.1) is 0 Å². The van der Waals surface area contributed by atoms with E-state index in [0.717, 1.165) is 4.47 Å². The van der Waals surface area contributed by atoms with Crippen LogP contribution in [0.1, 0.15) is 10.5 Å². The second-order valence-electron chi connectivity index (χ2n) is 6.37. The third kappa shape index (κ3) is 5.76. The van der Waals surface area contributed by atoms with E-state index in [0.29, 0.717) is 26.6 Å². The molecular formula is C20H17BrCl2N4O4. The average molecular weight is 528 g/mol. The monoisotopic (exact) mass is 526 g/mol. The number of hydrogen-bond donors (Lipinski definition) is 3. The second kappa shape index (κ2) is 10.1. The highest BCUT2D eigenvalue weighted by molar-refractivity contribution is 9.10. The highest BCUT2D eigenvalue weighted by atomic mass is 79.9. The lowest BCUT2D eigenvalue weighted by molar-refractivity contribution is -0.136. The van der Waals surface area contributed by atoms with Crippen LogP contribution in [0, 0.1) is 0 Å². The van der Waals surface area contributed by atoms with Gasteiger partial charge >= 0.3 is 11.8 Å². The first kappa shape index (κ1) is 23.1. The van der Waals surface area contributed by atoms with Crippen molar-refractivity contribution in [3.8, 4) is 0 Å². The van der Waals surface area contributed by atoms with Gasteiger partial charge in [0.25, 0.3) is 5.91 Å². The molecule has 0 spiro atoms. The van der Waals surface area contributed by atoms with Crippen molar-refractivity contribution in [2.75, 3.05) is 31.0 Å². The number of carbonyl (C=O) groups excluding carboxylic acids is 3. The Morgan fingerprint density at radius 3 is 2.42 bits per heavy atom. The Hall–Kier alpha value is -2.59. The number of rotatable bonds is 6. The molecular weight excluding hydrogens is 511 g/mol. The van der Waals surface area contributed by atoms with Gasteiger partial charge in [-0.3, -0.25) is 19.8 Å². The number of amides is 3. The minimum Gasteiger partial charge on any atom is -0.383 e. The van der Waals surface area contributed by atoms with Gasteiger partial charge in [0, 0.05) is 39.2 Å². The van der Waals surface area contributed by atoms with Crippen LogP contribution in [-0.4, -0.2) is 42.7 Å². The second-order valence-corrected chi connectivity index (χ2v) is 8.16. The van der Waals surface area contributed by atoms with E-state index in [1.807, 2.05) is 0 Å². The van der Waals surface area contributed by atoms with Crippen molar-refractivity contribution in [2.24, 2.45) is 0 Å². The maximum Gasteiger partial charge on any atom is 0.328 e. The van der Waals surface area contributed by atoms with Gasteiger partial charge in [-0.05, 0) is 42.5 Å². The summed E-state index contributed by atoms with van der Waals surface area (Å²) in [6.07, 6.45) is 0. The van der Waals surface area contributed by atoms with Crippen molar-refractivity contribution in [2.45, 2.75) is 0 Å². The Morgan fingerprint density at radius 2 is 1.74 bits per heavy atom. The maximum atomic E-state index is 13.0. The number of benzene rings is 2. The normalized spacial score (nSPS) is 10.7. The molecule has 3 amide bonds. The summed E-state index contributed by atoms with van der Waals surface area (Å²) in [5.74, 6) is -2.33. The van der Waals surface area contributed by atoms with E-state index in [1.165, 1.54) is 30.0 Å². The van der Waals surface area contributed by atoms with Crippen LogP contribution in [0.4, 0.5) is 5.69 Å². The number of fused-ring (bicyclic) bond motifs is 1. The van der Waals surface area contributed by atoms with E-state index >= 15 is 0 Å². The smallest absolute Gasteiger partial charge is 0.328 e. The van der Waals surface area contributed by atoms with Gasteiger partial charge in [-0.1, -0.05) is 39.1 Å². The number of nitrogens with zero attached hydrogens (tertiary/aromatic N) is 1. The van der Waals surface area contributed by atoms with Gasteiger partial charge in [0.05, 0.1) is 12.1 Å². The molecule has 0 saturated carbocycles. The van der Waals surface area contributed by atoms with Gasteiger partial charge in [0.2, 0.25) is 0 Å². The standard InChI is InChI=1S/C20H17BrCl2N4O4/c1-31-5-4-24-19(29)20(30)26-27-16-3-2-12(21)6-11(16)7-17(27)18(28)25-15-9-13(22)8-14(23)10-15/h2-3,6-10H,4-5H2,1H3,(H,24,29)(H,25,28)(H,26,30). The summed E-state index contributed by atoms with van der Waals surface area (Å²) in [6.45, 7) is 0.431. The van der Waals surface area contributed by atoms with Crippen molar-refractivity contribution in [1.29, 1.82) is 0 Å². The number of ether oxygens (including phenoxy) is 1. The van der Waals surface area contributed by atoms with E-state index in [-0.39, 0.29) is 18.8 Å². The number of halogens is 3. The van der Waals surface area contributed by atoms with E-state index in [9.17, 15) is 14.4 Å². The molecule has 0 saturated heterocycles. The Balaban J connectivity index is 1.92. The van der Waals surface area contributed by atoms with E-state index in [1.54, 1.807) is 24.3 Å². The number of aromatic nitrogens is 1. The topological polar surface area (TPSA) is 101 Å². The maximum absolute atomic E-state index is 13.0. The third-order valence-electron chi connectivity index (χ3n) is 4.13. The molecule has 0 fully saturated rings. The predicted octanol–water partition coefficient (Wildman–Crippen LogP) is 3.80. The van der Waals surface area contributed by atoms with Crippen molar-refractivity contribution in [1.82, 2.24) is 9.99 Å². The molecule has 2 aromatic carbocycles. The van der Waals surface area contributed by atoms with Crippen LogP contribution < -0.4 is 16.1 Å². The van der Waals surface area contributed by atoms with Crippen LogP contribution in [0.15, 0.2) is 46.9 Å². The largest absolute Gasteiger partial charge is 0.383 e. The number of nitrogens with one attached hydrogen (secondary N) is 3. The lowest BCUT2D eigenvalue weighted by Gasteiger charge is -2.13. The molecule has 1 heterocycles. The van der Waals surface area contributed by atoms with Gasteiger partial charge in [-0.2, -0.15) is 0 Å². The molecule has 0 radical (unpaired) electrons. The molecule has 8 nitrogen and oxygen atoms in total. The van der Waals surface area contributed by atoms with Crippen molar-refractivity contribution < 1.29 is 19.1 Å². The summed E-state index contributed by atoms with van der Waals surface area (Å²) in [4.78, 5) is 37.4. The molecule has 162 valence electrons. The predicted molar refractivity (Wildman–Crippen MR) is 123 cm³/mol. The van der Waals surface area contributed by atoms with Crippen LogP contribution in [0.25, 0.3) is 10.9 Å². The Labute approximate surface area is 195 Å². The van der Waals surface area contributed by atoms with Crippen LogP contribution in [0.2, 0.25) is 10.0 Å². The van der Waals surface area contributed by atoms with Crippen LogP contribution >= 0.6 is 39.1 Å². The molecule has 0 bridgehead atoms. The summed E-state index contributed by atoms with van der Waals surface area (Å²) in [6, 6.07) is 11.4. The molecule has 3 rings (SSSR count). The summed E-state index contributed by atoms with van der Waals surface area (Å²) in [5, 5.41) is 6.50. The zero-order valence-electron chi connectivity index (χ0n) is 16.2. The van der Waals surface area contributed by atoms with Crippen LogP contribution in [0.5, 0.6) is 0 Å². The SMILES string of the molecule is COCCNC(=O)C(=O)Nn1c(C(=O)Nc2cc(Cl)cc(Cl)c2)cc2cc(Br)ccc21. The quantitative estimate of drug-likeness (QED) is 0.335. The molecule has 1 aromatic heterocycles. The number of anilines is 1. The van der Waals surface area contributed by atoms with E-state index in [4.69, 9.17) is 27.9 Å². The van der Waals surface area contributed by atoms with Crippen molar-refractivity contribution in [3.05, 3.63) is 62.7 Å².